The molecule has 8 heavy (non-hydrogen) atoms. The Morgan fingerprint density at radius 3 is 0.875 bits per heavy atom. The molecule has 2 heteroatoms. The van der Waals surface area contributed by atoms with E-state index in [1.807, 2.05) is 36.4 Å². The quantitative estimate of drug-likeness (QED) is 0.523. The summed E-state index contributed by atoms with van der Waals surface area (Å²) in [6.45, 7) is 0. The Hall–Kier alpha value is -0.461. The molecule has 0 unspecified atom stereocenters. The first-order valence-electron chi connectivity index (χ1n) is 2.12. The zero-order valence-electron chi connectivity index (χ0n) is 4.17. The maximum Gasteiger partial charge on any atom is -0.0623 e. The molecule has 47 valence electrons. The van der Waals surface area contributed by atoms with Crippen molar-refractivity contribution in [2.24, 2.45) is 0 Å². The van der Waals surface area contributed by atoms with Crippen molar-refractivity contribution in [3.63, 3.8) is 0 Å². The third-order valence-corrected chi connectivity index (χ3v) is 0.667. The van der Waals surface area contributed by atoms with Gasteiger partial charge < -0.3 is 0 Å². The van der Waals surface area contributed by atoms with Crippen LogP contribution in [-0.4, -0.2) is 0 Å². The summed E-state index contributed by atoms with van der Waals surface area (Å²) in [5.41, 5.74) is 0. The third-order valence-electron chi connectivity index (χ3n) is 0.667. The summed E-state index contributed by atoms with van der Waals surface area (Å²) >= 11 is 2.94. The van der Waals surface area contributed by atoms with Crippen LogP contribution in [0.15, 0.2) is 36.4 Å². The van der Waals surface area contributed by atoms with Crippen molar-refractivity contribution in [2.45, 2.75) is 0 Å². The number of rotatable bonds is 0. The largest absolute Gasteiger partial charge is 0.0623 e. The third kappa shape index (κ3) is 3.72. The second-order valence-corrected chi connectivity index (χ2v) is 1.15. The molecule has 0 amide bonds. The predicted molar refractivity (Wildman–Crippen MR) is 27.1 cm³/mol. The van der Waals surface area contributed by atoms with Crippen molar-refractivity contribution in [1.29, 1.82) is 0 Å². The van der Waals surface area contributed by atoms with Gasteiger partial charge in [0.15, 0.2) is 0 Å². The van der Waals surface area contributed by atoms with Crippen LogP contribution in [0, 0.1) is 0 Å². The van der Waals surface area contributed by atoms with Gasteiger partial charge in [0.2, 0.25) is 0 Å². The molecule has 0 fully saturated rings. The standard InChI is InChI=1S/C6H6.Cu.O/c1-2-4-6-5-3-1;;/h1-6H;;. The van der Waals surface area contributed by atoms with Crippen LogP contribution in [0.25, 0.3) is 0 Å². The maximum absolute atomic E-state index is 7.81. The second-order valence-electron chi connectivity index (χ2n) is 1.15. The summed E-state index contributed by atoms with van der Waals surface area (Å²) in [6.07, 6.45) is 0. The number of hydrogen-bond donors (Lipinski definition) is 0. The maximum atomic E-state index is 7.81. The molecular formula is C6H6CuO. The fourth-order valence-corrected chi connectivity index (χ4v) is 0.385. The fourth-order valence-electron chi connectivity index (χ4n) is 0.385. The molecule has 0 bridgehead atoms. The van der Waals surface area contributed by atoms with Gasteiger partial charge in [0.25, 0.3) is 0 Å². The molecule has 1 nitrogen and oxygen atoms in total. The molecule has 0 radical (unpaired) electrons. The van der Waals surface area contributed by atoms with Crippen molar-refractivity contribution < 1.29 is 19.8 Å². The van der Waals surface area contributed by atoms with Crippen LogP contribution >= 0.6 is 0 Å². The average molecular weight is 158 g/mol. The second kappa shape index (κ2) is 6.54. The van der Waals surface area contributed by atoms with E-state index in [0.717, 1.165) is 0 Å². The molecule has 0 saturated heterocycles. The molecule has 0 aliphatic rings. The van der Waals surface area contributed by atoms with Gasteiger partial charge in [-0.1, -0.05) is 36.4 Å². The molecule has 1 rings (SSSR count). The topological polar surface area (TPSA) is 17.1 Å². The zero-order chi connectivity index (χ0) is 6.24. The molecule has 0 N–H and O–H groups in total. The Bertz CT molecular complexity index is 91.4. The van der Waals surface area contributed by atoms with Crippen molar-refractivity contribution in [1.82, 2.24) is 0 Å². The average Bonchev–Trinajstić information content (AvgIpc) is 1.96. The fraction of sp³-hybridized carbons (Fsp3) is 0. The SMILES string of the molecule is [O]=[Cu].c1ccccc1. The normalized spacial score (nSPS) is 6.75. The first-order valence-corrected chi connectivity index (χ1v) is 2.51. The van der Waals surface area contributed by atoms with E-state index in [0.29, 0.717) is 0 Å². The van der Waals surface area contributed by atoms with Crippen molar-refractivity contribution in [3.8, 4) is 0 Å². The number of benzene rings is 1. The van der Waals surface area contributed by atoms with E-state index in [1.165, 1.54) is 0 Å². The van der Waals surface area contributed by atoms with Gasteiger partial charge in [0, 0.05) is 0 Å². The Morgan fingerprint density at radius 2 is 0.750 bits per heavy atom. The molecule has 0 aromatic heterocycles. The van der Waals surface area contributed by atoms with Crippen LogP contribution in [0.5, 0.6) is 0 Å². The van der Waals surface area contributed by atoms with Crippen molar-refractivity contribution in [3.05, 3.63) is 36.4 Å². The van der Waals surface area contributed by atoms with Crippen molar-refractivity contribution in [2.75, 3.05) is 0 Å². The van der Waals surface area contributed by atoms with Gasteiger partial charge in [-0.15, -0.1) is 0 Å². The van der Waals surface area contributed by atoms with Gasteiger partial charge in [0.1, 0.15) is 0 Å². The summed E-state index contributed by atoms with van der Waals surface area (Å²) in [6, 6.07) is 12.0. The van der Waals surface area contributed by atoms with E-state index in [2.05, 4.69) is 15.9 Å². The smallest absolute Gasteiger partial charge is 0.0623 e. The molecular weight excluding hydrogens is 152 g/mol. The molecule has 1 aromatic rings. The van der Waals surface area contributed by atoms with Gasteiger partial charge in [-0.05, 0) is 0 Å². The van der Waals surface area contributed by atoms with E-state index < -0.39 is 0 Å². The number of hydrogen-bond acceptors (Lipinski definition) is 1. The Kier molecular flexibility index (Phi) is 6.16. The summed E-state index contributed by atoms with van der Waals surface area (Å²) in [5.74, 6) is 0. The minimum Gasteiger partial charge on any atom is -0.0623 e. The van der Waals surface area contributed by atoms with E-state index >= 15 is 0 Å². The van der Waals surface area contributed by atoms with Crippen LogP contribution in [0.3, 0.4) is 0 Å². The van der Waals surface area contributed by atoms with E-state index in [4.69, 9.17) is 3.83 Å². The first kappa shape index (κ1) is 7.54. The van der Waals surface area contributed by atoms with Gasteiger partial charge in [-0.25, -0.2) is 0 Å². The molecule has 0 atom stereocenters. The summed E-state index contributed by atoms with van der Waals surface area (Å²) in [7, 11) is 0. The van der Waals surface area contributed by atoms with Gasteiger partial charge >= 0.3 is 19.8 Å². The van der Waals surface area contributed by atoms with Crippen LogP contribution < -0.4 is 0 Å². The molecule has 0 spiro atoms. The summed E-state index contributed by atoms with van der Waals surface area (Å²) < 4.78 is 7.81. The predicted octanol–water partition coefficient (Wildman–Crippen LogP) is 1.57. The van der Waals surface area contributed by atoms with Crippen LogP contribution in [0.1, 0.15) is 0 Å². The minimum atomic E-state index is 2.00. The zero-order valence-corrected chi connectivity index (χ0v) is 5.12. The van der Waals surface area contributed by atoms with Gasteiger partial charge in [-0.2, -0.15) is 0 Å². The van der Waals surface area contributed by atoms with E-state index in [-0.39, 0.29) is 0 Å². The molecule has 0 aliphatic heterocycles. The van der Waals surface area contributed by atoms with Crippen LogP contribution in [0.2, 0.25) is 0 Å². The minimum absolute atomic E-state index is 2.00. The van der Waals surface area contributed by atoms with E-state index in [9.17, 15) is 0 Å². The summed E-state index contributed by atoms with van der Waals surface area (Å²) in [4.78, 5) is 0. The summed E-state index contributed by atoms with van der Waals surface area (Å²) in [5, 5.41) is 0. The molecule has 0 heterocycles. The van der Waals surface area contributed by atoms with Crippen LogP contribution in [-0.2, 0) is 19.8 Å². The molecule has 0 saturated carbocycles. The van der Waals surface area contributed by atoms with Crippen LogP contribution in [0.4, 0.5) is 0 Å². The molecule has 0 aliphatic carbocycles. The Balaban J connectivity index is 0.000000222. The monoisotopic (exact) mass is 157 g/mol. The van der Waals surface area contributed by atoms with Gasteiger partial charge in [0.05, 0.1) is 0 Å². The van der Waals surface area contributed by atoms with Gasteiger partial charge in [-0.3, -0.25) is 0 Å². The van der Waals surface area contributed by atoms with E-state index in [1.54, 1.807) is 0 Å². The molecule has 1 aromatic carbocycles. The Labute approximate surface area is 56.7 Å². The Morgan fingerprint density at radius 1 is 0.625 bits per heavy atom. The van der Waals surface area contributed by atoms with Crippen molar-refractivity contribution >= 4 is 0 Å². The first-order chi connectivity index (χ1) is 4.00.